The van der Waals surface area contributed by atoms with E-state index in [-0.39, 0.29) is 36.2 Å². The zero-order valence-electron chi connectivity index (χ0n) is 11.9. The lowest BCUT2D eigenvalue weighted by Gasteiger charge is -2.14. The molecule has 0 saturated heterocycles. The molecule has 0 aliphatic carbocycles. The van der Waals surface area contributed by atoms with Crippen LogP contribution in [0.25, 0.3) is 0 Å². The molecule has 21 heavy (non-hydrogen) atoms. The average Bonchev–Trinajstić information content (AvgIpc) is 2.88. The second kappa shape index (κ2) is 8.12. The third-order valence-electron chi connectivity index (χ3n) is 2.63. The number of ketones is 1. The molecule has 1 aromatic heterocycles. The Morgan fingerprint density at radius 2 is 2.19 bits per heavy atom. The number of likely N-dealkylation sites (N-methyl/N-ethyl adjacent to an activating group) is 1. The summed E-state index contributed by atoms with van der Waals surface area (Å²) >= 11 is 0. The van der Waals surface area contributed by atoms with Gasteiger partial charge in [-0.2, -0.15) is 0 Å². The smallest absolute Gasteiger partial charge is 0.287 e. The van der Waals surface area contributed by atoms with Gasteiger partial charge in [0.1, 0.15) is 0 Å². The molecule has 0 atom stereocenters. The first-order chi connectivity index (χ1) is 9.93. The van der Waals surface area contributed by atoms with E-state index >= 15 is 0 Å². The first-order valence-corrected chi connectivity index (χ1v) is 6.24. The Morgan fingerprint density at radius 1 is 1.48 bits per heavy atom. The van der Waals surface area contributed by atoms with Crippen molar-refractivity contribution in [3.63, 3.8) is 0 Å². The van der Waals surface area contributed by atoms with Gasteiger partial charge in [-0.1, -0.05) is 0 Å². The van der Waals surface area contributed by atoms with Gasteiger partial charge in [-0.05, 0) is 7.05 Å². The highest BCUT2D eigenvalue weighted by Gasteiger charge is 2.16. The van der Waals surface area contributed by atoms with Crippen LogP contribution in [0.3, 0.4) is 0 Å². The molecule has 116 valence electrons. The SMILES string of the molecule is COCCNC(=O)CN(C)CC(=O)c1cc([N+](=O)[O-])c[nH]1. The van der Waals surface area contributed by atoms with Gasteiger partial charge < -0.3 is 15.0 Å². The van der Waals surface area contributed by atoms with Crippen molar-refractivity contribution in [2.45, 2.75) is 0 Å². The lowest BCUT2D eigenvalue weighted by Crippen LogP contribution is -2.38. The monoisotopic (exact) mass is 298 g/mol. The van der Waals surface area contributed by atoms with Crippen LogP contribution in [0.2, 0.25) is 0 Å². The summed E-state index contributed by atoms with van der Waals surface area (Å²) in [4.78, 5) is 37.4. The molecule has 9 heteroatoms. The van der Waals surface area contributed by atoms with Gasteiger partial charge in [0, 0.05) is 19.7 Å². The Balaban J connectivity index is 2.42. The van der Waals surface area contributed by atoms with E-state index in [0.29, 0.717) is 13.2 Å². The number of ether oxygens (including phenoxy) is 1. The van der Waals surface area contributed by atoms with Crippen LogP contribution in [0.1, 0.15) is 10.5 Å². The Hall–Kier alpha value is -2.26. The van der Waals surface area contributed by atoms with E-state index in [1.54, 1.807) is 7.05 Å². The number of hydrogen-bond acceptors (Lipinski definition) is 6. The molecule has 0 saturated carbocycles. The number of rotatable bonds is 9. The molecule has 1 heterocycles. The lowest BCUT2D eigenvalue weighted by atomic mass is 10.2. The van der Waals surface area contributed by atoms with E-state index in [2.05, 4.69) is 10.3 Å². The summed E-state index contributed by atoms with van der Waals surface area (Å²) in [5.74, 6) is -0.546. The molecule has 0 bridgehead atoms. The highest BCUT2D eigenvalue weighted by atomic mass is 16.6. The molecule has 0 aliphatic rings. The van der Waals surface area contributed by atoms with E-state index in [9.17, 15) is 19.7 Å². The van der Waals surface area contributed by atoms with Crippen molar-refractivity contribution in [3.8, 4) is 0 Å². The second-order valence-corrected chi connectivity index (χ2v) is 4.47. The van der Waals surface area contributed by atoms with Crippen molar-refractivity contribution in [2.75, 3.05) is 40.4 Å². The number of amides is 1. The molecular weight excluding hydrogens is 280 g/mol. The van der Waals surface area contributed by atoms with E-state index in [4.69, 9.17) is 4.74 Å². The average molecular weight is 298 g/mol. The number of H-pyrrole nitrogens is 1. The van der Waals surface area contributed by atoms with Crippen LogP contribution in [0.4, 0.5) is 5.69 Å². The minimum Gasteiger partial charge on any atom is -0.383 e. The number of nitrogens with one attached hydrogen (secondary N) is 2. The topological polar surface area (TPSA) is 118 Å². The highest BCUT2D eigenvalue weighted by Crippen LogP contribution is 2.12. The Labute approximate surface area is 121 Å². The maximum Gasteiger partial charge on any atom is 0.287 e. The summed E-state index contributed by atoms with van der Waals surface area (Å²) in [6, 6.07) is 1.18. The van der Waals surface area contributed by atoms with Crippen molar-refractivity contribution in [1.29, 1.82) is 0 Å². The van der Waals surface area contributed by atoms with Gasteiger partial charge in [-0.15, -0.1) is 0 Å². The van der Waals surface area contributed by atoms with Crippen molar-refractivity contribution >= 4 is 17.4 Å². The predicted molar refractivity (Wildman–Crippen MR) is 74.2 cm³/mol. The summed E-state index contributed by atoms with van der Waals surface area (Å²) in [7, 11) is 3.15. The van der Waals surface area contributed by atoms with Crippen LogP contribution in [0.15, 0.2) is 12.3 Å². The number of hydrogen-bond donors (Lipinski definition) is 2. The van der Waals surface area contributed by atoms with E-state index in [0.717, 1.165) is 6.20 Å². The maximum atomic E-state index is 11.9. The predicted octanol–water partition coefficient (Wildman–Crippen LogP) is -0.200. The lowest BCUT2D eigenvalue weighted by molar-refractivity contribution is -0.384. The number of aromatic amines is 1. The van der Waals surface area contributed by atoms with E-state index < -0.39 is 4.92 Å². The second-order valence-electron chi connectivity index (χ2n) is 4.47. The van der Waals surface area contributed by atoms with Gasteiger partial charge >= 0.3 is 0 Å². The number of carbonyl (C=O) groups is 2. The molecule has 0 aromatic carbocycles. The van der Waals surface area contributed by atoms with Gasteiger partial charge in [0.05, 0.1) is 36.5 Å². The first kappa shape index (κ1) is 16.8. The van der Waals surface area contributed by atoms with Crippen LogP contribution in [-0.4, -0.2) is 66.9 Å². The Kier molecular flexibility index (Phi) is 6.50. The summed E-state index contributed by atoms with van der Waals surface area (Å²) in [5, 5.41) is 13.2. The number of aromatic nitrogens is 1. The zero-order chi connectivity index (χ0) is 15.8. The van der Waals surface area contributed by atoms with Gasteiger partial charge in [-0.3, -0.25) is 24.6 Å². The Morgan fingerprint density at radius 3 is 2.76 bits per heavy atom. The molecule has 2 N–H and O–H groups in total. The van der Waals surface area contributed by atoms with Gasteiger partial charge in [-0.25, -0.2) is 0 Å². The van der Waals surface area contributed by atoms with Crippen molar-refractivity contribution in [3.05, 3.63) is 28.1 Å². The largest absolute Gasteiger partial charge is 0.383 e. The van der Waals surface area contributed by atoms with E-state index in [1.165, 1.54) is 18.1 Å². The van der Waals surface area contributed by atoms with Crippen LogP contribution >= 0.6 is 0 Å². The van der Waals surface area contributed by atoms with Crippen molar-refractivity contribution < 1.29 is 19.2 Å². The molecule has 0 aliphatic heterocycles. The first-order valence-electron chi connectivity index (χ1n) is 6.24. The number of nitro groups is 1. The third kappa shape index (κ3) is 5.71. The van der Waals surface area contributed by atoms with Gasteiger partial charge in [0.15, 0.2) is 5.78 Å². The summed E-state index contributed by atoms with van der Waals surface area (Å²) in [6.45, 7) is 0.855. The number of methoxy groups -OCH3 is 1. The molecule has 0 unspecified atom stereocenters. The maximum absolute atomic E-state index is 11.9. The van der Waals surface area contributed by atoms with Crippen LogP contribution in [0, 0.1) is 10.1 Å². The molecule has 0 radical (unpaired) electrons. The van der Waals surface area contributed by atoms with Gasteiger partial charge in [0.2, 0.25) is 5.91 Å². The summed E-state index contributed by atoms with van der Waals surface area (Å²) in [6.07, 6.45) is 1.16. The minimum atomic E-state index is -0.583. The summed E-state index contributed by atoms with van der Waals surface area (Å²) < 4.78 is 4.80. The Bertz CT molecular complexity index is 514. The molecule has 0 spiro atoms. The third-order valence-corrected chi connectivity index (χ3v) is 2.63. The molecular formula is C12H18N4O5. The van der Waals surface area contributed by atoms with E-state index in [1.807, 2.05) is 0 Å². The van der Waals surface area contributed by atoms with Crippen LogP contribution < -0.4 is 5.32 Å². The molecule has 1 amide bonds. The molecule has 1 rings (SSSR count). The molecule has 0 fully saturated rings. The quantitative estimate of drug-likeness (QED) is 0.282. The zero-order valence-corrected chi connectivity index (χ0v) is 11.9. The number of nitrogens with zero attached hydrogens (tertiary/aromatic N) is 2. The normalized spacial score (nSPS) is 10.6. The molecule has 1 aromatic rings. The fourth-order valence-corrected chi connectivity index (χ4v) is 1.63. The molecule has 9 nitrogen and oxygen atoms in total. The van der Waals surface area contributed by atoms with Crippen LogP contribution in [0.5, 0.6) is 0 Å². The highest BCUT2D eigenvalue weighted by molar-refractivity contribution is 5.96. The fourth-order valence-electron chi connectivity index (χ4n) is 1.63. The number of Topliss-reactive ketones (excluding diaryl/α,β-unsaturated/α-hetero) is 1. The van der Waals surface area contributed by atoms with Crippen LogP contribution in [-0.2, 0) is 9.53 Å². The van der Waals surface area contributed by atoms with Crippen molar-refractivity contribution in [2.24, 2.45) is 0 Å². The van der Waals surface area contributed by atoms with Gasteiger partial charge in [0.25, 0.3) is 5.69 Å². The number of carbonyl (C=O) groups excluding carboxylic acids is 2. The minimum absolute atomic E-state index is 0.0185. The van der Waals surface area contributed by atoms with Crippen molar-refractivity contribution in [1.82, 2.24) is 15.2 Å². The summed E-state index contributed by atoms with van der Waals surface area (Å²) in [5.41, 5.74) is -0.0216. The fraction of sp³-hybridized carbons (Fsp3) is 0.500. The standard InChI is InChI=1S/C12H18N4O5/c1-15(8-12(18)13-3-4-21-2)7-11(17)10-5-9(6-14-10)16(19)20/h5-6,14H,3-4,7-8H2,1-2H3,(H,13,18).